The van der Waals surface area contributed by atoms with Crippen LogP contribution in [0.1, 0.15) is 68.8 Å². The number of nitrogens with zero attached hydrogens (tertiary/aromatic N) is 1. The molecule has 1 unspecified atom stereocenters. The van der Waals surface area contributed by atoms with Gasteiger partial charge in [-0.25, -0.2) is 4.98 Å². The Morgan fingerprint density at radius 1 is 1.14 bits per heavy atom. The first kappa shape index (κ1) is 21.1. The second-order valence-electron chi connectivity index (χ2n) is 9.18. The first-order valence-corrected chi connectivity index (χ1v) is 10.2. The van der Waals surface area contributed by atoms with Crippen LogP contribution in [0.4, 0.5) is 5.82 Å². The Morgan fingerprint density at radius 3 is 2.45 bits per heavy atom. The molecule has 1 aliphatic carbocycles. The molecule has 1 aromatic rings. The number of hydrogen-bond donors (Lipinski definition) is 4. The summed E-state index contributed by atoms with van der Waals surface area (Å²) in [6.07, 6.45) is 6.35. The standard InChI is InChI=1S/C21H31N5O3/c1-13-7-11-22-16(24-14-5-8-20(2,3)9-6-14)15(13)17(27)25-26-19(29)21(4)10-12-23-18(21)28/h7,11,14H,5-6,8-10,12H2,1-4H3,(H,22,24)(H,23,28)(H,25,27)(H,26,29). The number of amides is 3. The summed E-state index contributed by atoms with van der Waals surface area (Å²) in [5, 5.41) is 6.06. The van der Waals surface area contributed by atoms with Crippen molar-refractivity contribution in [2.75, 3.05) is 11.9 Å². The molecule has 8 nitrogen and oxygen atoms in total. The molecule has 1 aliphatic heterocycles. The number of anilines is 1. The Hall–Kier alpha value is -2.64. The van der Waals surface area contributed by atoms with E-state index in [1.54, 1.807) is 19.2 Å². The van der Waals surface area contributed by atoms with Gasteiger partial charge in [0.1, 0.15) is 11.2 Å². The van der Waals surface area contributed by atoms with Gasteiger partial charge in [0.05, 0.1) is 5.56 Å². The predicted octanol–water partition coefficient (Wildman–Crippen LogP) is 2.06. The van der Waals surface area contributed by atoms with Gasteiger partial charge in [-0.15, -0.1) is 0 Å². The van der Waals surface area contributed by atoms with Gasteiger partial charge in [0.2, 0.25) is 5.91 Å². The van der Waals surface area contributed by atoms with Crippen molar-refractivity contribution in [3.63, 3.8) is 0 Å². The molecule has 3 rings (SSSR count). The van der Waals surface area contributed by atoms with Gasteiger partial charge in [0.15, 0.2) is 0 Å². The van der Waals surface area contributed by atoms with Crippen LogP contribution >= 0.6 is 0 Å². The molecule has 0 radical (unpaired) electrons. The Morgan fingerprint density at radius 2 is 1.83 bits per heavy atom. The Bertz CT molecular complexity index is 813. The van der Waals surface area contributed by atoms with E-state index >= 15 is 0 Å². The van der Waals surface area contributed by atoms with Crippen LogP contribution in [-0.2, 0) is 9.59 Å². The number of rotatable bonds is 4. The summed E-state index contributed by atoms with van der Waals surface area (Å²) >= 11 is 0. The quantitative estimate of drug-likeness (QED) is 0.456. The fourth-order valence-corrected chi connectivity index (χ4v) is 3.96. The van der Waals surface area contributed by atoms with Crippen molar-refractivity contribution in [1.82, 2.24) is 21.2 Å². The van der Waals surface area contributed by atoms with Crippen LogP contribution in [0.15, 0.2) is 12.3 Å². The normalized spacial score (nSPS) is 23.9. The second-order valence-corrected chi connectivity index (χ2v) is 9.18. The van der Waals surface area contributed by atoms with Crippen LogP contribution in [0.5, 0.6) is 0 Å². The summed E-state index contributed by atoms with van der Waals surface area (Å²) in [7, 11) is 0. The maximum Gasteiger partial charge on any atom is 0.273 e. The molecule has 4 N–H and O–H groups in total. The van der Waals surface area contributed by atoms with Crippen LogP contribution < -0.4 is 21.5 Å². The van der Waals surface area contributed by atoms with E-state index in [0.29, 0.717) is 29.8 Å². The lowest BCUT2D eigenvalue weighted by Crippen LogP contribution is -2.51. The van der Waals surface area contributed by atoms with E-state index in [2.05, 4.69) is 40.3 Å². The number of carbonyl (C=O) groups excluding carboxylic acids is 3. The lowest BCUT2D eigenvalue weighted by Gasteiger charge is -2.35. The molecular weight excluding hydrogens is 370 g/mol. The summed E-state index contributed by atoms with van der Waals surface area (Å²) in [5.74, 6) is -0.785. The fraction of sp³-hybridized carbons (Fsp3) is 0.619. The van der Waals surface area contributed by atoms with Gasteiger partial charge in [-0.1, -0.05) is 13.8 Å². The SMILES string of the molecule is Cc1ccnc(NC2CCC(C)(C)CC2)c1C(=O)NNC(=O)C1(C)CCNC1=O. The Kier molecular flexibility index (Phi) is 5.82. The molecule has 0 bridgehead atoms. The molecule has 29 heavy (non-hydrogen) atoms. The molecule has 1 saturated carbocycles. The van der Waals surface area contributed by atoms with E-state index in [1.807, 2.05) is 6.92 Å². The number of hydrogen-bond acceptors (Lipinski definition) is 5. The molecular formula is C21H31N5O3. The number of carbonyl (C=O) groups is 3. The van der Waals surface area contributed by atoms with Crippen molar-refractivity contribution in [3.8, 4) is 0 Å². The maximum atomic E-state index is 12.8. The number of pyridine rings is 1. The van der Waals surface area contributed by atoms with Crippen LogP contribution in [0.3, 0.4) is 0 Å². The average Bonchev–Trinajstić information content (AvgIpc) is 3.01. The van der Waals surface area contributed by atoms with Gasteiger partial charge in [-0.3, -0.25) is 25.2 Å². The zero-order valence-electron chi connectivity index (χ0n) is 17.6. The summed E-state index contributed by atoms with van der Waals surface area (Å²) in [5.41, 5.74) is 5.20. The Labute approximate surface area is 171 Å². The molecule has 158 valence electrons. The third-order valence-corrected chi connectivity index (χ3v) is 6.27. The van der Waals surface area contributed by atoms with Gasteiger partial charge in [-0.05, 0) is 63.0 Å². The first-order valence-electron chi connectivity index (χ1n) is 10.2. The highest BCUT2D eigenvalue weighted by Crippen LogP contribution is 2.36. The van der Waals surface area contributed by atoms with Crippen LogP contribution in [-0.4, -0.2) is 35.3 Å². The van der Waals surface area contributed by atoms with Crippen molar-refractivity contribution in [3.05, 3.63) is 23.4 Å². The summed E-state index contributed by atoms with van der Waals surface area (Å²) < 4.78 is 0. The highest BCUT2D eigenvalue weighted by molar-refractivity contribution is 6.07. The first-order chi connectivity index (χ1) is 13.6. The lowest BCUT2D eigenvalue weighted by atomic mass is 9.75. The number of nitrogens with one attached hydrogen (secondary N) is 4. The fourth-order valence-electron chi connectivity index (χ4n) is 3.96. The highest BCUT2D eigenvalue weighted by atomic mass is 16.2. The van der Waals surface area contributed by atoms with Crippen molar-refractivity contribution in [2.45, 2.75) is 65.8 Å². The monoisotopic (exact) mass is 401 g/mol. The minimum atomic E-state index is -1.17. The van der Waals surface area contributed by atoms with E-state index < -0.39 is 17.2 Å². The lowest BCUT2D eigenvalue weighted by molar-refractivity contribution is -0.140. The number of aryl methyl sites for hydroxylation is 1. The molecule has 2 fully saturated rings. The van der Waals surface area contributed by atoms with Crippen molar-refractivity contribution in [1.29, 1.82) is 0 Å². The van der Waals surface area contributed by atoms with Gasteiger partial charge in [-0.2, -0.15) is 0 Å². The Balaban J connectivity index is 1.67. The summed E-state index contributed by atoms with van der Waals surface area (Å²) in [6.45, 7) is 8.41. The zero-order chi connectivity index (χ0) is 21.2. The molecule has 8 heteroatoms. The molecule has 1 aromatic heterocycles. The molecule has 0 aromatic carbocycles. The van der Waals surface area contributed by atoms with E-state index in [4.69, 9.17) is 0 Å². The minimum absolute atomic E-state index is 0.263. The summed E-state index contributed by atoms with van der Waals surface area (Å²) in [4.78, 5) is 41.6. The van der Waals surface area contributed by atoms with Crippen LogP contribution in [0.25, 0.3) is 0 Å². The largest absolute Gasteiger partial charge is 0.367 e. The zero-order valence-corrected chi connectivity index (χ0v) is 17.6. The van der Waals surface area contributed by atoms with Gasteiger partial charge in [0.25, 0.3) is 11.8 Å². The molecule has 1 atom stereocenters. The van der Waals surface area contributed by atoms with E-state index in [-0.39, 0.29) is 11.9 Å². The van der Waals surface area contributed by atoms with Crippen LogP contribution in [0.2, 0.25) is 0 Å². The molecule has 2 aliphatic rings. The molecule has 0 spiro atoms. The van der Waals surface area contributed by atoms with Gasteiger partial charge < -0.3 is 10.6 Å². The average molecular weight is 402 g/mol. The van der Waals surface area contributed by atoms with Crippen molar-refractivity contribution < 1.29 is 14.4 Å². The second kappa shape index (κ2) is 8.00. The van der Waals surface area contributed by atoms with Gasteiger partial charge >= 0.3 is 0 Å². The number of aromatic nitrogens is 1. The number of hydrazine groups is 1. The van der Waals surface area contributed by atoms with E-state index in [1.165, 1.54) is 0 Å². The predicted molar refractivity (Wildman–Crippen MR) is 110 cm³/mol. The minimum Gasteiger partial charge on any atom is -0.367 e. The van der Waals surface area contributed by atoms with Crippen LogP contribution in [0, 0.1) is 17.8 Å². The third kappa shape index (κ3) is 4.52. The summed E-state index contributed by atoms with van der Waals surface area (Å²) in [6, 6.07) is 2.03. The third-order valence-electron chi connectivity index (χ3n) is 6.27. The highest BCUT2D eigenvalue weighted by Gasteiger charge is 2.44. The molecule has 3 amide bonds. The molecule has 1 saturated heterocycles. The maximum absolute atomic E-state index is 12.8. The smallest absolute Gasteiger partial charge is 0.273 e. The van der Waals surface area contributed by atoms with E-state index in [9.17, 15) is 14.4 Å². The van der Waals surface area contributed by atoms with Crippen molar-refractivity contribution >= 4 is 23.5 Å². The van der Waals surface area contributed by atoms with E-state index in [0.717, 1.165) is 31.2 Å². The van der Waals surface area contributed by atoms with Gasteiger partial charge in [0, 0.05) is 18.8 Å². The molecule has 2 heterocycles. The van der Waals surface area contributed by atoms with Crippen molar-refractivity contribution in [2.24, 2.45) is 10.8 Å². The topological polar surface area (TPSA) is 112 Å².